The van der Waals surface area contributed by atoms with Gasteiger partial charge in [-0.3, -0.25) is 0 Å². The zero-order chi connectivity index (χ0) is 14.7. The fraction of sp³-hybridized carbons (Fsp3) is 0.250. The Hall–Kier alpha value is -1.81. The second kappa shape index (κ2) is 6.09. The van der Waals surface area contributed by atoms with E-state index in [9.17, 15) is 13.2 Å². The summed E-state index contributed by atoms with van der Waals surface area (Å²) in [5.74, 6) is -2.17. The fourth-order valence-corrected chi connectivity index (χ4v) is 2.14. The molecule has 0 aliphatic rings. The lowest BCUT2D eigenvalue weighted by Crippen LogP contribution is -2.23. The number of halogens is 3. The van der Waals surface area contributed by atoms with Gasteiger partial charge in [0, 0.05) is 5.56 Å². The molecule has 0 saturated carbocycles. The Labute approximate surface area is 116 Å². The molecule has 2 aromatic carbocycles. The zero-order valence-electron chi connectivity index (χ0n) is 11.4. The first kappa shape index (κ1) is 14.6. The topological polar surface area (TPSA) is 12.0 Å². The molecule has 1 N–H and O–H groups in total. The summed E-state index contributed by atoms with van der Waals surface area (Å²) in [5, 5.41) is 3.06. The molecule has 2 rings (SSSR count). The van der Waals surface area contributed by atoms with Crippen LogP contribution >= 0.6 is 0 Å². The molecule has 0 fully saturated rings. The van der Waals surface area contributed by atoms with Gasteiger partial charge in [-0.25, -0.2) is 13.2 Å². The highest BCUT2D eigenvalue weighted by atomic mass is 19.2. The second-order valence-corrected chi connectivity index (χ2v) is 4.64. The van der Waals surface area contributed by atoms with Crippen molar-refractivity contribution in [2.24, 2.45) is 0 Å². The summed E-state index contributed by atoms with van der Waals surface area (Å²) in [5.41, 5.74) is 1.26. The van der Waals surface area contributed by atoms with E-state index in [0.717, 1.165) is 6.07 Å². The van der Waals surface area contributed by atoms with Crippen molar-refractivity contribution in [2.45, 2.75) is 19.9 Å². The molecule has 0 bridgehead atoms. The van der Waals surface area contributed by atoms with E-state index in [-0.39, 0.29) is 11.4 Å². The van der Waals surface area contributed by atoms with Crippen LogP contribution in [0.2, 0.25) is 0 Å². The Morgan fingerprint density at radius 1 is 1.05 bits per heavy atom. The van der Waals surface area contributed by atoms with E-state index in [2.05, 4.69) is 5.32 Å². The maximum Gasteiger partial charge on any atom is 0.163 e. The van der Waals surface area contributed by atoms with Crippen molar-refractivity contribution in [1.29, 1.82) is 0 Å². The van der Waals surface area contributed by atoms with Gasteiger partial charge in [0.05, 0.1) is 6.04 Å². The molecule has 0 radical (unpaired) electrons. The third kappa shape index (κ3) is 2.85. The van der Waals surface area contributed by atoms with Crippen molar-refractivity contribution in [1.82, 2.24) is 5.32 Å². The van der Waals surface area contributed by atoms with Crippen LogP contribution in [0.4, 0.5) is 13.2 Å². The van der Waals surface area contributed by atoms with Gasteiger partial charge >= 0.3 is 0 Å². The van der Waals surface area contributed by atoms with Crippen molar-refractivity contribution in [3.8, 4) is 0 Å². The molecule has 1 atom stereocenters. The molecular weight excluding hydrogens is 263 g/mol. The van der Waals surface area contributed by atoms with Gasteiger partial charge in [-0.2, -0.15) is 0 Å². The fourth-order valence-electron chi connectivity index (χ4n) is 2.14. The van der Waals surface area contributed by atoms with Gasteiger partial charge in [0.25, 0.3) is 0 Å². The number of hydrogen-bond donors (Lipinski definition) is 1. The largest absolute Gasteiger partial charge is 0.306 e. The van der Waals surface area contributed by atoms with Gasteiger partial charge in [-0.05, 0) is 36.7 Å². The number of rotatable bonds is 4. The van der Waals surface area contributed by atoms with E-state index in [1.54, 1.807) is 19.1 Å². The third-order valence-corrected chi connectivity index (χ3v) is 3.23. The molecule has 0 saturated heterocycles. The van der Waals surface area contributed by atoms with Gasteiger partial charge < -0.3 is 5.32 Å². The van der Waals surface area contributed by atoms with Crippen LogP contribution in [0.1, 0.15) is 29.7 Å². The summed E-state index contributed by atoms with van der Waals surface area (Å²) >= 11 is 0. The first-order chi connectivity index (χ1) is 9.54. The van der Waals surface area contributed by atoms with E-state index >= 15 is 0 Å². The Morgan fingerprint density at radius 3 is 2.45 bits per heavy atom. The van der Waals surface area contributed by atoms with Crippen LogP contribution in [-0.4, -0.2) is 6.54 Å². The summed E-state index contributed by atoms with van der Waals surface area (Å²) in [6.07, 6.45) is 0. The Morgan fingerprint density at radius 2 is 1.80 bits per heavy atom. The minimum atomic E-state index is -0.905. The summed E-state index contributed by atoms with van der Waals surface area (Å²) in [4.78, 5) is 0. The quantitative estimate of drug-likeness (QED) is 0.888. The van der Waals surface area contributed by atoms with Crippen LogP contribution in [0, 0.1) is 24.4 Å². The average Bonchev–Trinajstić information content (AvgIpc) is 2.43. The minimum absolute atomic E-state index is 0.176. The van der Waals surface area contributed by atoms with Crippen LogP contribution < -0.4 is 5.32 Å². The van der Waals surface area contributed by atoms with Crippen molar-refractivity contribution in [3.05, 3.63) is 70.5 Å². The minimum Gasteiger partial charge on any atom is -0.306 e. The van der Waals surface area contributed by atoms with E-state index in [4.69, 9.17) is 0 Å². The van der Waals surface area contributed by atoms with Gasteiger partial charge in [-0.1, -0.05) is 31.2 Å². The smallest absolute Gasteiger partial charge is 0.163 e. The molecule has 106 valence electrons. The maximum atomic E-state index is 13.9. The lowest BCUT2D eigenvalue weighted by molar-refractivity contribution is 0.482. The lowest BCUT2D eigenvalue weighted by atomic mass is 9.97. The summed E-state index contributed by atoms with van der Waals surface area (Å²) < 4.78 is 41.0. The number of nitrogens with one attached hydrogen (secondary N) is 1. The Balaban J connectivity index is 2.50. The van der Waals surface area contributed by atoms with Crippen molar-refractivity contribution in [3.63, 3.8) is 0 Å². The molecular formula is C16H16F3N. The normalized spacial score (nSPS) is 12.4. The Kier molecular flexibility index (Phi) is 4.45. The maximum absolute atomic E-state index is 13.9. The second-order valence-electron chi connectivity index (χ2n) is 4.64. The van der Waals surface area contributed by atoms with Crippen LogP contribution in [0.25, 0.3) is 0 Å². The Bertz CT molecular complexity index is 611. The molecule has 0 aliphatic heterocycles. The zero-order valence-corrected chi connectivity index (χ0v) is 11.4. The molecule has 4 heteroatoms. The molecule has 1 nitrogen and oxygen atoms in total. The summed E-state index contributed by atoms with van der Waals surface area (Å²) in [6, 6.07) is 8.14. The molecule has 0 heterocycles. The molecule has 2 aromatic rings. The van der Waals surface area contributed by atoms with Gasteiger partial charge in [-0.15, -0.1) is 0 Å². The van der Waals surface area contributed by atoms with Gasteiger partial charge in [0.1, 0.15) is 5.82 Å². The first-order valence-corrected chi connectivity index (χ1v) is 6.48. The molecule has 0 aliphatic carbocycles. The van der Waals surface area contributed by atoms with Crippen molar-refractivity contribution in [2.75, 3.05) is 6.54 Å². The highest BCUT2D eigenvalue weighted by Crippen LogP contribution is 2.26. The van der Waals surface area contributed by atoms with E-state index in [0.29, 0.717) is 17.7 Å². The van der Waals surface area contributed by atoms with Crippen molar-refractivity contribution < 1.29 is 13.2 Å². The van der Waals surface area contributed by atoms with E-state index in [1.165, 1.54) is 18.2 Å². The predicted molar refractivity (Wildman–Crippen MR) is 73.0 cm³/mol. The van der Waals surface area contributed by atoms with E-state index in [1.807, 2.05) is 6.92 Å². The van der Waals surface area contributed by atoms with Gasteiger partial charge in [0.2, 0.25) is 0 Å². The highest BCUT2D eigenvalue weighted by Gasteiger charge is 2.19. The first-order valence-electron chi connectivity index (χ1n) is 6.48. The van der Waals surface area contributed by atoms with Crippen LogP contribution in [0.15, 0.2) is 36.4 Å². The van der Waals surface area contributed by atoms with Crippen molar-refractivity contribution >= 4 is 0 Å². The van der Waals surface area contributed by atoms with Crippen LogP contribution in [0.5, 0.6) is 0 Å². The lowest BCUT2D eigenvalue weighted by Gasteiger charge is -2.20. The molecule has 0 amide bonds. The number of benzene rings is 2. The SMILES string of the molecule is CCNC(c1ccc(C)c(F)c1)c1cccc(F)c1F. The van der Waals surface area contributed by atoms with Crippen LogP contribution in [0.3, 0.4) is 0 Å². The molecule has 0 spiro atoms. The third-order valence-electron chi connectivity index (χ3n) is 3.23. The predicted octanol–water partition coefficient (Wildman–Crippen LogP) is 4.11. The van der Waals surface area contributed by atoms with Crippen LogP contribution in [-0.2, 0) is 0 Å². The summed E-state index contributed by atoms with van der Waals surface area (Å²) in [6.45, 7) is 4.06. The average molecular weight is 279 g/mol. The summed E-state index contributed by atoms with van der Waals surface area (Å²) in [7, 11) is 0. The number of aryl methyl sites for hydroxylation is 1. The highest BCUT2D eigenvalue weighted by molar-refractivity contribution is 5.35. The van der Waals surface area contributed by atoms with E-state index < -0.39 is 17.7 Å². The molecule has 0 aromatic heterocycles. The monoisotopic (exact) mass is 279 g/mol. The van der Waals surface area contributed by atoms with Gasteiger partial charge in [0.15, 0.2) is 11.6 Å². The molecule has 1 unspecified atom stereocenters. The molecule has 20 heavy (non-hydrogen) atoms. The standard InChI is InChI=1S/C16H16F3N/c1-3-20-16(11-8-7-10(2)14(18)9-11)12-5-4-6-13(17)15(12)19/h4-9,16,20H,3H2,1-2H3. The number of hydrogen-bond acceptors (Lipinski definition) is 1.